The quantitative estimate of drug-likeness (QED) is 0.653. The number of amides is 1. The van der Waals surface area contributed by atoms with Crippen LogP contribution in [0.5, 0.6) is 5.75 Å². The Kier molecular flexibility index (Phi) is 3.93. The van der Waals surface area contributed by atoms with Gasteiger partial charge in [-0.15, -0.1) is 0 Å². The van der Waals surface area contributed by atoms with E-state index >= 15 is 0 Å². The van der Waals surface area contributed by atoms with Gasteiger partial charge in [-0.25, -0.2) is 5.43 Å². The van der Waals surface area contributed by atoms with Gasteiger partial charge in [0.25, 0.3) is 5.91 Å². The van der Waals surface area contributed by atoms with Crippen molar-refractivity contribution >= 4 is 11.6 Å². The first-order chi connectivity index (χ1) is 9.16. The summed E-state index contributed by atoms with van der Waals surface area (Å²) in [5, 5.41) is 13.3. The highest BCUT2D eigenvalue weighted by atomic mass is 16.3. The Balaban J connectivity index is 2.08. The fourth-order valence-electron chi connectivity index (χ4n) is 1.59. The Labute approximate surface area is 111 Å². The molecule has 0 aliphatic heterocycles. The van der Waals surface area contributed by atoms with Crippen molar-refractivity contribution < 1.29 is 9.90 Å². The number of benzene rings is 2. The lowest BCUT2D eigenvalue weighted by Crippen LogP contribution is -2.19. The first-order valence-electron chi connectivity index (χ1n) is 5.86. The van der Waals surface area contributed by atoms with E-state index in [-0.39, 0.29) is 11.7 Å². The molecule has 0 fully saturated rings. The highest BCUT2D eigenvalue weighted by Crippen LogP contribution is 2.10. The molecule has 0 atom stereocenters. The maximum atomic E-state index is 11.8. The molecule has 96 valence electrons. The number of hydrazone groups is 1. The molecule has 0 aliphatic rings. The minimum absolute atomic E-state index is 0.0522. The Bertz CT molecular complexity index is 607. The van der Waals surface area contributed by atoms with Crippen molar-refractivity contribution in [1.82, 2.24) is 5.43 Å². The average Bonchev–Trinajstić information content (AvgIpc) is 2.45. The lowest BCUT2D eigenvalue weighted by atomic mass is 10.1. The van der Waals surface area contributed by atoms with Crippen LogP contribution in [0.25, 0.3) is 0 Å². The van der Waals surface area contributed by atoms with Gasteiger partial charge in [0.1, 0.15) is 5.75 Å². The zero-order valence-electron chi connectivity index (χ0n) is 10.5. The number of aromatic hydroxyl groups is 1. The van der Waals surface area contributed by atoms with Gasteiger partial charge >= 0.3 is 0 Å². The van der Waals surface area contributed by atoms with E-state index in [1.54, 1.807) is 12.1 Å². The summed E-state index contributed by atoms with van der Waals surface area (Å²) in [5.74, 6) is -0.303. The molecular weight excluding hydrogens is 240 g/mol. The number of carbonyl (C=O) groups is 1. The number of nitrogens with zero attached hydrogens (tertiary/aromatic N) is 1. The highest BCUT2D eigenvalue weighted by Gasteiger charge is 2.05. The van der Waals surface area contributed by atoms with Gasteiger partial charge in [-0.05, 0) is 30.7 Å². The third-order valence-corrected chi connectivity index (χ3v) is 2.63. The predicted octanol–water partition coefficient (Wildman–Crippen LogP) is 2.55. The number of hydrogen-bond acceptors (Lipinski definition) is 3. The summed E-state index contributed by atoms with van der Waals surface area (Å²) in [6.45, 7) is 1.82. The fourth-order valence-corrected chi connectivity index (χ4v) is 1.59. The monoisotopic (exact) mass is 254 g/mol. The van der Waals surface area contributed by atoms with Gasteiger partial charge in [-0.3, -0.25) is 4.79 Å². The molecule has 0 saturated heterocycles. The van der Waals surface area contributed by atoms with E-state index < -0.39 is 0 Å². The number of hydrogen-bond donors (Lipinski definition) is 2. The molecule has 0 aromatic heterocycles. The van der Waals surface area contributed by atoms with E-state index in [2.05, 4.69) is 10.5 Å². The van der Waals surface area contributed by atoms with Crippen molar-refractivity contribution in [3.05, 3.63) is 65.7 Å². The smallest absolute Gasteiger partial charge is 0.271 e. The molecule has 0 spiro atoms. The summed E-state index contributed by atoms with van der Waals surface area (Å²) in [6, 6.07) is 15.7. The van der Waals surface area contributed by atoms with Crippen molar-refractivity contribution in [2.45, 2.75) is 6.92 Å². The van der Waals surface area contributed by atoms with Crippen LogP contribution in [0.15, 0.2) is 59.7 Å². The maximum absolute atomic E-state index is 11.8. The Morgan fingerprint density at radius 2 is 1.74 bits per heavy atom. The molecular formula is C15H14N2O2. The molecule has 19 heavy (non-hydrogen) atoms. The van der Waals surface area contributed by atoms with E-state index in [1.165, 1.54) is 12.1 Å². The first-order valence-corrected chi connectivity index (χ1v) is 5.86. The number of carbonyl (C=O) groups excluding carboxylic acids is 1. The van der Waals surface area contributed by atoms with E-state index in [0.717, 1.165) is 5.56 Å². The van der Waals surface area contributed by atoms with Gasteiger partial charge in [0, 0.05) is 5.56 Å². The molecule has 4 heteroatoms. The van der Waals surface area contributed by atoms with Crippen LogP contribution in [0.2, 0.25) is 0 Å². The molecule has 4 nitrogen and oxygen atoms in total. The van der Waals surface area contributed by atoms with Gasteiger partial charge in [-0.1, -0.05) is 36.4 Å². The number of phenolic OH excluding ortho intramolecular Hbond substituents is 1. The molecule has 0 radical (unpaired) electrons. The zero-order chi connectivity index (χ0) is 13.7. The van der Waals surface area contributed by atoms with Crippen molar-refractivity contribution in [2.75, 3.05) is 0 Å². The van der Waals surface area contributed by atoms with Crippen molar-refractivity contribution in [3.8, 4) is 5.75 Å². The molecule has 0 saturated carbocycles. The normalized spacial score (nSPS) is 11.1. The van der Waals surface area contributed by atoms with Gasteiger partial charge in [0.2, 0.25) is 0 Å². The number of rotatable bonds is 3. The lowest BCUT2D eigenvalue weighted by Gasteiger charge is -2.03. The Hall–Kier alpha value is -2.62. The largest absolute Gasteiger partial charge is 0.508 e. The topological polar surface area (TPSA) is 61.7 Å². The lowest BCUT2D eigenvalue weighted by molar-refractivity contribution is 0.0954. The molecule has 2 aromatic rings. The van der Waals surface area contributed by atoms with E-state index in [1.807, 2.05) is 37.3 Å². The van der Waals surface area contributed by atoms with Gasteiger partial charge < -0.3 is 5.11 Å². The van der Waals surface area contributed by atoms with Crippen LogP contribution in [0.3, 0.4) is 0 Å². The van der Waals surface area contributed by atoms with Crippen LogP contribution in [0.4, 0.5) is 0 Å². The molecule has 0 bridgehead atoms. The van der Waals surface area contributed by atoms with E-state index in [4.69, 9.17) is 0 Å². The number of nitrogens with one attached hydrogen (secondary N) is 1. The minimum atomic E-state index is -0.355. The van der Waals surface area contributed by atoms with E-state index in [0.29, 0.717) is 11.3 Å². The van der Waals surface area contributed by atoms with Crippen molar-refractivity contribution in [2.24, 2.45) is 5.10 Å². The second-order valence-electron chi connectivity index (χ2n) is 4.05. The summed E-state index contributed by atoms with van der Waals surface area (Å²) in [7, 11) is 0. The standard InChI is InChI=1S/C15H14N2O2/c1-11(12-6-3-2-4-7-12)16-17-15(19)13-8-5-9-14(18)10-13/h2-10,18H,1H3,(H,17,19)/b16-11-. The second-order valence-corrected chi connectivity index (χ2v) is 4.05. The Morgan fingerprint density at radius 3 is 2.42 bits per heavy atom. The molecule has 2 rings (SSSR count). The molecule has 0 unspecified atom stereocenters. The summed E-state index contributed by atoms with van der Waals surface area (Å²) >= 11 is 0. The average molecular weight is 254 g/mol. The van der Waals surface area contributed by atoms with Gasteiger partial charge in [0.05, 0.1) is 5.71 Å². The van der Waals surface area contributed by atoms with Crippen LogP contribution in [0.1, 0.15) is 22.8 Å². The van der Waals surface area contributed by atoms with Crippen LogP contribution >= 0.6 is 0 Å². The van der Waals surface area contributed by atoms with E-state index in [9.17, 15) is 9.90 Å². The predicted molar refractivity (Wildman–Crippen MR) is 74.2 cm³/mol. The maximum Gasteiger partial charge on any atom is 0.271 e. The fraction of sp³-hybridized carbons (Fsp3) is 0.0667. The van der Waals surface area contributed by atoms with Crippen molar-refractivity contribution in [1.29, 1.82) is 0 Å². The van der Waals surface area contributed by atoms with Crippen LogP contribution in [-0.2, 0) is 0 Å². The highest BCUT2D eigenvalue weighted by molar-refractivity contribution is 6.00. The van der Waals surface area contributed by atoms with Crippen LogP contribution < -0.4 is 5.43 Å². The minimum Gasteiger partial charge on any atom is -0.508 e. The number of phenols is 1. The molecule has 2 N–H and O–H groups in total. The summed E-state index contributed by atoms with van der Waals surface area (Å²) in [5.41, 5.74) is 4.49. The summed E-state index contributed by atoms with van der Waals surface area (Å²) < 4.78 is 0. The third kappa shape index (κ3) is 3.42. The Morgan fingerprint density at radius 1 is 1.05 bits per heavy atom. The molecule has 2 aromatic carbocycles. The SMILES string of the molecule is C/C(=N/NC(=O)c1cccc(O)c1)c1ccccc1. The summed E-state index contributed by atoms with van der Waals surface area (Å²) in [6.07, 6.45) is 0. The van der Waals surface area contributed by atoms with Gasteiger partial charge in [-0.2, -0.15) is 5.10 Å². The molecule has 1 amide bonds. The van der Waals surface area contributed by atoms with Crippen LogP contribution in [-0.4, -0.2) is 16.7 Å². The molecule has 0 heterocycles. The molecule has 0 aliphatic carbocycles. The van der Waals surface area contributed by atoms with Crippen molar-refractivity contribution in [3.63, 3.8) is 0 Å². The third-order valence-electron chi connectivity index (χ3n) is 2.63. The second kappa shape index (κ2) is 5.82. The van der Waals surface area contributed by atoms with Gasteiger partial charge in [0.15, 0.2) is 0 Å². The first kappa shape index (κ1) is 12.8. The summed E-state index contributed by atoms with van der Waals surface area (Å²) in [4.78, 5) is 11.8. The van der Waals surface area contributed by atoms with Crippen LogP contribution in [0, 0.1) is 0 Å². The zero-order valence-corrected chi connectivity index (χ0v) is 10.5.